The Kier molecular flexibility index (Phi) is 6.36. The van der Waals surface area contributed by atoms with Crippen LogP contribution >= 0.6 is 0 Å². The van der Waals surface area contributed by atoms with Crippen LogP contribution in [0.5, 0.6) is 5.75 Å². The number of benzene rings is 2. The normalized spacial score (nSPS) is 10.1. The standard InChI is InChI=1S/C19H20O4/c1-2-3-13-22-17-11-9-16(10-12-17)19(21)23-14-18(20)15-7-5-4-6-8-15/h4-12H,2-3,13-14H2,1H3. The van der Waals surface area contributed by atoms with Crippen LogP contribution < -0.4 is 4.74 Å². The first-order valence-electron chi connectivity index (χ1n) is 7.69. The van der Waals surface area contributed by atoms with E-state index in [0.717, 1.165) is 18.6 Å². The third-order valence-corrected chi connectivity index (χ3v) is 3.29. The molecule has 2 rings (SSSR count). The molecule has 0 aliphatic heterocycles. The average molecular weight is 312 g/mol. The van der Waals surface area contributed by atoms with Gasteiger partial charge >= 0.3 is 5.97 Å². The summed E-state index contributed by atoms with van der Waals surface area (Å²) in [5.41, 5.74) is 0.925. The second kappa shape index (κ2) is 8.73. The van der Waals surface area contributed by atoms with Crippen LogP contribution in [0.15, 0.2) is 54.6 Å². The molecule has 0 aliphatic rings. The van der Waals surface area contributed by atoms with Crippen LogP contribution in [0.4, 0.5) is 0 Å². The van der Waals surface area contributed by atoms with E-state index in [0.29, 0.717) is 17.7 Å². The van der Waals surface area contributed by atoms with Crippen molar-refractivity contribution in [2.24, 2.45) is 0 Å². The van der Waals surface area contributed by atoms with Crippen molar-refractivity contribution in [1.82, 2.24) is 0 Å². The molecule has 0 aliphatic carbocycles. The highest BCUT2D eigenvalue weighted by Gasteiger charge is 2.11. The van der Waals surface area contributed by atoms with Crippen LogP contribution in [0.3, 0.4) is 0 Å². The van der Waals surface area contributed by atoms with E-state index in [1.165, 1.54) is 0 Å². The summed E-state index contributed by atoms with van der Waals surface area (Å²) in [5, 5.41) is 0. The highest BCUT2D eigenvalue weighted by atomic mass is 16.5. The fraction of sp³-hybridized carbons (Fsp3) is 0.263. The first-order chi connectivity index (χ1) is 11.2. The summed E-state index contributed by atoms with van der Waals surface area (Å²) in [4.78, 5) is 23.8. The van der Waals surface area contributed by atoms with Crippen molar-refractivity contribution in [2.45, 2.75) is 19.8 Å². The van der Waals surface area contributed by atoms with Crippen molar-refractivity contribution in [2.75, 3.05) is 13.2 Å². The van der Waals surface area contributed by atoms with Gasteiger partial charge in [0.05, 0.1) is 12.2 Å². The molecule has 0 saturated carbocycles. The predicted octanol–water partition coefficient (Wildman–Crippen LogP) is 3.91. The largest absolute Gasteiger partial charge is 0.494 e. The van der Waals surface area contributed by atoms with Gasteiger partial charge in [-0.15, -0.1) is 0 Å². The fourth-order valence-electron chi connectivity index (χ4n) is 1.94. The summed E-state index contributed by atoms with van der Waals surface area (Å²) in [5.74, 6) is -0.0248. The molecule has 2 aromatic carbocycles. The summed E-state index contributed by atoms with van der Waals surface area (Å²) < 4.78 is 10.6. The van der Waals surface area contributed by atoms with Crippen LogP contribution in [0, 0.1) is 0 Å². The second-order valence-electron chi connectivity index (χ2n) is 5.09. The Hall–Kier alpha value is -2.62. The van der Waals surface area contributed by atoms with E-state index in [1.54, 1.807) is 48.5 Å². The molecule has 0 heterocycles. The number of ketones is 1. The van der Waals surface area contributed by atoms with E-state index >= 15 is 0 Å². The minimum Gasteiger partial charge on any atom is -0.494 e. The van der Waals surface area contributed by atoms with Crippen LogP contribution in [-0.2, 0) is 4.74 Å². The van der Waals surface area contributed by atoms with Gasteiger partial charge in [-0.05, 0) is 30.7 Å². The molecule has 2 aromatic rings. The van der Waals surface area contributed by atoms with Crippen molar-refractivity contribution in [3.8, 4) is 5.75 Å². The molecule has 0 fully saturated rings. The molecule has 4 heteroatoms. The SMILES string of the molecule is CCCCOc1ccc(C(=O)OCC(=O)c2ccccc2)cc1. The Bertz CT molecular complexity index is 632. The van der Waals surface area contributed by atoms with E-state index in [9.17, 15) is 9.59 Å². The maximum absolute atomic E-state index is 11.9. The highest BCUT2D eigenvalue weighted by molar-refractivity contribution is 5.99. The maximum atomic E-state index is 11.9. The minimum absolute atomic E-state index is 0.224. The van der Waals surface area contributed by atoms with Gasteiger partial charge in [-0.2, -0.15) is 0 Å². The zero-order valence-electron chi connectivity index (χ0n) is 13.2. The number of ether oxygens (including phenoxy) is 2. The molecule has 0 N–H and O–H groups in total. The molecule has 0 unspecified atom stereocenters. The van der Waals surface area contributed by atoms with Crippen molar-refractivity contribution in [3.63, 3.8) is 0 Å². The second-order valence-corrected chi connectivity index (χ2v) is 5.09. The minimum atomic E-state index is -0.519. The lowest BCUT2D eigenvalue weighted by Crippen LogP contribution is -2.14. The first-order valence-corrected chi connectivity index (χ1v) is 7.69. The third kappa shape index (κ3) is 5.25. The van der Waals surface area contributed by atoms with Crippen molar-refractivity contribution >= 4 is 11.8 Å². The molecule has 120 valence electrons. The Morgan fingerprint density at radius 3 is 2.26 bits per heavy atom. The summed E-state index contributed by atoms with van der Waals surface area (Å²) in [7, 11) is 0. The van der Waals surface area contributed by atoms with Crippen molar-refractivity contribution in [1.29, 1.82) is 0 Å². The summed E-state index contributed by atoms with van der Waals surface area (Å²) >= 11 is 0. The van der Waals surface area contributed by atoms with Crippen LogP contribution in [0.2, 0.25) is 0 Å². The Labute approximate surface area is 136 Å². The van der Waals surface area contributed by atoms with Gasteiger partial charge in [0, 0.05) is 5.56 Å². The van der Waals surface area contributed by atoms with Crippen molar-refractivity contribution in [3.05, 3.63) is 65.7 Å². The van der Waals surface area contributed by atoms with Gasteiger partial charge in [0.25, 0.3) is 0 Å². The van der Waals surface area contributed by atoms with Crippen LogP contribution in [0.25, 0.3) is 0 Å². The number of Topliss-reactive ketones (excluding diaryl/α,β-unsaturated/α-hetero) is 1. The van der Waals surface area contributed by atoms with Gasteiger partial charge in [0.15, 0.2) is 12.4 Å². The maximum Gasteiger partial charge on any atom is 0.338 e. The van der Waals surface area contributed by atoms with Gasteiger partial charge in [-0.25, -0.2) is 4.79 Å². The summed E-state index contributed by atoms with van der Waals surface area (Å²) in [6.45, 7) is 2.49. The van der Waals surface area contributed by atoms with Gasteiger partial charge in [-0.3, -0.25) is 4.79 Å². The van der Waals surface area contributed by atoms with Crippen molar-refractivity contribution < 1.29 is 19.1 Å². The Morgan fingerprint density at radius 1 is 0.913 bits per heavy atom. The van der Waals surface area contributed by atoms with Gasteiger partial charge in [0.2, 0.25) is 0 Å². The predicted molar refractivity (Wildman–Crippen MR) is 87.9 cm³/mol. The molecule has 0 radical (unpaired) electrons. The van der Waals surface area contributed by atoms with E-state index < -0.39 is 5.97 Å². The topological polar surface area (TPSA) is 52.6 Å². The van der Waals surface area contributed by atoms with E-state index in [2.05, 4.69) is 6.92 Å². The third-order valence-electron chi connectivity index (χ3n) is 3.29. The lowest BCUT2D eigenvalue weighted by atomic mass is 10.1. The Morgan fingerprint density at radius 2 is 1.61 bits per heavy atom. The lowest BCUT2D eigenvalue weighted by molar-refractivity contribution is 0.0474. The molecule has 0 bridgehead atoms. The zero-order valence-corrected chi connectivity index (χ0v) is 13.2. The zero-order chi connectivity index (χ0) is 16.5. The number of esters is 1. The molecule has 0 spiro atoms. The molecular weight excluding hydrogens is 292 g/mol. The fourth-order valence-corrected chi connectivity index (χ4v) is 1.94. The van der Waals surface area contributed by atoms with Crippen LogP contribution in [0.1, 0.15) is 40.5 Å². The van der Waals surface area contributed by atoms with Gasteiger partial charge < -0.3 is 9.47 Å². The lowest BCUT2D eigenvalue weighted by Gasteiger charge is -2.07. The number of hydrogen-bond acceptors (Lipinski definition) is 4. The number of hydrogen-bond donors (Lipinski definition) is 0. The van der Waals surface area contributed by atoms with E-state index in [1.807, 2.05) is 6.07 Å². The molecule has 0 saturated heterocycles. The first kappa shape index (κ1) is 16.7. The number of carbonyl (C=O) groups excluding carboxylic acids is 2. The van der Waals surface area contributed by atoms with Gasteiger partial charge in [-0.1, -0.05) is 43.7 Å². The Balaban J connectivity index is 1.84. The molecule has 0 atom stereocenters. The number of rotatable bonds is 8. The monoisotopic (exact) mass is 312 g/mol. The molecule has 0 amide bonds. The average Bonchev–Trinajstić information content (AvgIpc) is 2.61. The number of unbranched alkanes of at least 4 members (excludes halogenated alkanes) is 1. The van der Waals surface area contributed by atoms with Crippen LogP contribution in [-0.4, -0.2) is 25.0 Å². The molecule has 4 nitrogen and oxygen atoms in total. The smallest absolute Gasteiger partial charge is 0.338 e. The molecule has 23 heavy (non-hydrogen) atoms. The summed E-state index contributed by atoms with van der Waals surface area (Å²) in [6, 6.07) is 15.5. The summed E-state index contributed by atoms with van der Waals surface area (Å²) in [6.07, 6.45) is 2.06. The van der Waals surface area contributed by atoms with E-state index in [4.69, 9.17) is 9.47 Å². The quantitative estimate of drug-likeness (QED) is 0.421. The van der Waals surface area contributed by atoms with E-state index in [-0.39, 0.29) is 12.4 Å². The number of carbonyl (C=O) groups is 2. The molecular formula is C19H20O4. The van der Waals surface area contributed by atoms with Gasteiger partial charge in [0.1, 0.15) is 5.75 Å². The molecule has 0 aromatic heterocycles. The highest BCUT2D eigenvalue weighted by Crippen LogP contribution is 2.13.